The van der Waals surface area contributed by atoms with Gasteiger partial charge in [0.05, 0.1) is 20.6 Å². The number of aliphatic hydroxyl groups excluding tert-OH is 1. The van der Waals surface area contributed by atoms with Gasteiger partial charge in [0.15, 0.2) is 0 Å². The molecule has 2 nitrogen and oxygen atoms in total. The lowest BCUT2D eigenvalue weighted by Gasteiger charge is -2.38. The van der Waals surface area contributed by atoms with Gasteiger partial charge in [0, 0.05) is 6.42 Å². The fourth-order valence-electron chi connectivity index (χ4n) is 4.62. The molecule has 0 amide bonds. The molecule has 0 aliphatic heterocycles. The van der Waals surface area contributed by atoms with Crippen LogP contribution >= 0.6 is 0 Å². The summed E-state index contributed by atoms with van der Waals surface area (Å²) < 4.78 is 1.03. The largest absolute Gasteiger partial charge is 0.387 e. The number of aliphatic hydroxyl groups is 1. The molecule has 1 rings (SSSR count). The summed E-state index contributed by atoms with van der Waals surface area (Å²) in [6.45, 7) is 3.53. The maximum Gasteiger partial charge on any atom is 0.115 e. The Hall–Kier alpha value is -0.0800. The minimum Gasteiger partial charge on any atom is -0.387 e. The van der Waals surface area contributed by atoms with E-state index in [-0.39, 0.29) is 6.10 Å². The van der Waals surface area contributed by atoms with Crippen molar-refractivity contribution in [2.75, 3.05) is 20.6 Å². The Bertz CT molecular complexity index is 302. The van der Waals surface area contributed by atoms with Gasteiger partial charge in [0.2, 0.25) is 0 Å². The number of quaternary nitrogens is 1. The topological polar surface area (TPSA) is 20.2 Å². The molecule has 0 aromatic rings. The fourth-order valence-corrected chi connectivity index (χ4v) is 4.62. The highest BCUT2D eigenvalue weighted by atomic mass is 16.3. The fraction of sp³-hybridized carbons (Fsp3) is 1.00. The molecule has 0 unspecified atom stereocenters. The summed E-state index contributed by atoms with van der Waals surface area (Å²) in [5, 5.41) is 10.1. The lowest BCUT2D eigenvalue weighted by atomic mass is 10.0. The van der Waals surface area contributed by atoms with Crippen LogP contribution in [0.15, 0.2) is 0 Å². The highest BCUT2D eigenvalue weighted by Gasteiger charge is 2.37. The molecule has 1 fully saturated rings. The van der Waals surface area contributed by atoms with Crippen molar-refractivity contribution in [1.29, 1.82) is 0 Å². The first-order valence-electron chi connectivity index (χ1n) is 11.6. The minimum absolute atomic E-state index is 0.0540. The molecule has 0 aromatic carbocycles. The van der Waals surface area contributed by atoms with E-state index in [2.05, 4.69) is 21.0 Å². The lowest BCUT2D eigenvalue weighted by Crippen LogP contribution is -2.52. The maximum absolute atomic E-state index is 10.1. The zero-order valence-corrected chi connectivity index (χ0v) is 17.8. The standard InChI is InChI=1S/C23H48NO/c1-4-5-6-7-8-9-10-11-12-13-14-15-16-17-21-24(2,3)22-19-18-20-23(22)25/h22-23,25H,4-21H2,1-3H3/q+1/t22-,23+/m0/s1. The van der Waals surface area contributed by atoms with Crippen molar-refractivity contribution in [2.24, 2.45) is 0 Å². The van der Waals surface area contributed by atoms with Crippen LogP contribution < -0.4 is 0 Å². The summed E-state index contributed by atoms with van der Waals surface area (Å²) in [6.07, 6.45) is 23.4. The first kappa shape index (κ1) is 23.0. The SMILES string of the molecule is CCCCCCCCCCCCCCCC[N+](C)(C)[C@H]1CCC[C@H]1O. The number of hydrogen-bond donors (Lipinski definition) is 1. The first-order chi connectivity index (χ1) is 12.1. The van der Waals surface area contributed by atoms with Crippen LogP contribution in [0.2, 0.25) is 0 Å². The number of hydrogen-bond acceptors (Lipinski definition) is 1. The smallest absolute Gasteiger partial charge is 0.115 e. The molecule has 2 heteroatoms. The van der Waals surface area contributed by atoms with Crippen LogP contribution in [0, 0.1) is 0 Å². The predicted octanol–water partition coefficient (Wildman–Crippen LogP) is 6.46. The van der Waals surface area contributed by atoms with Crippen LogP contribution in [-0.4, -0.2) is 42.4 Å². The molecule has 0 spiro atoms. The van der Waals surface area contributed by atoms with E-state index in [1.165, 1.54) is 109 Å². The van der Waals surface area contributed by atoms with E-state index in [0.29, 0.717) is 6.04 Å². The quantitative estimate of drug-likeness (QED) is 0.249. The second-order valence-electron chi connectivity index (χ2n) is 9.16. The summed E-state index contributed by atoms with van der Waals surface area (Å²) in [7, 11) is 4.64. The highest BCUT2D eigenvalue weighted by Crippen LogP contribution is 2.27. The predicted molar refractivity (Wildman–Crippen MR) is 111 cm³/mol. The van der Waals surface area contributed by atoms with Gasteiger partial charge >= 0.3 is 0 Å². The summed E-state index contributed by atoms with van der Waals surface area (Å²) in [4.78, 5) is 0. The van der Waals surface area contributed by atoms with Crippen molar-refractivity contribution in [3.63, 3.8) is 0 Å². The van der Waals surface area contributed by atoms with Crippen molar-refractivity contribution in [3.8, 4) is 0 Å². The van der Waals surface area contributed by atoms with Crippen LogP contribution in [0.1, 0.15) is 116 Å². The number of unbranched alkanes of at least 4 members (excludes halogenated alkanes) is 13. The van der Waals surface area contributed by atoms with Crippen LogP contribution in [0.4, 0.5) is 0 Å². The Labute approximate surface area is 159 Å². The van der Waals surface area contributed by atoms with Gasteiger partial charge in [-0.05, 0) is 25.7 Å². The molecule has 0 aromatic heterocycles. The normalized spacial score (nSPS) is 21.1. The van der Waals surface area contributed by atoms with Gasteiger partial charge in [-0.25, -0.2) is 0 Å². The Balaban J connectivity index is 1.84. The van der Waals surface area contributed by atoms with Crippen molar-refractivity contribution >= 4 is 0 Å². The molecule has 1 N–H and O–H groups in total. The van der Waals surface area contributed by atoms with Crippen molar-refractivity contribution in [2.45, 2.75) is 128 Å². The first-order valence-corrected chi connectivity index (χ1v) is 11.6. The molecule has 1 aliphatic rings. The number of nitrogens with zero attached hydrogens (tertiary/aromatic N) is 1. The van der Waals surface area contributed by atoms with Crippen molar-refractivity contribution in [3.05, 3.63) is 0 Å². The molecule has 0 heterocycles. The zero-order chi connectivity index (χ0) is 18.4. The second-order valence-corrected chi connectivity index (χ2v) is 9.16. The monoisotopic (exact) mass is 354 g/mol. The van der Waals surface area contributed by atoms with E-state index in [1.54, 1.807) is 0 Å². The number of likely N-dealkylation sites (N-methyl/N-ethyl adjacent to an activating group) is 1. The van der Waals surface area contributed by atoms with Gasteiger partial charge in [0.25, 0.3) is 0 Å². The van der Waals surface area contributed by atoms with Gasteiger partial charge in [-0.3, -0.25) is 0 Å². The molecule has 1 aliphatic carbocycles. The van der Waals surface area contributed by atoms with Crippen LogP contribution in [-0.2, 0) is 0 Å². The molecule has 0 saturated heterocycles. The summed E-state index contributed by atoms with van der Waals surface area (Å²) in [6, 6.07) is 0.488. The van der Waals surface area contributed by atoms with Crippen LogP contribution in [0.25, 0.3) is 0 Å². The van der Waals surface area contributed by atoms with Crippen LogP contribution in [0.5, 0.6) is 0 Å². The molecule has 0 bridgehead atoms. The van der Waals surface area contributed by atoms with Gasteiger partial charge < -0.3 is 9.59 Å². The Morgan fingerprint density at radius 3 is 1.52 bits per heavy atom. The Morgan fingerprint density at radius 2 is 1.12 bits per heavy atom. The average molecular weight is 355 g/mol. The van der Waals surface area contributed by atoms with Crippen molar-refractivity contribution in [1.82, 2.24) is 0 Å². The molecule has 1 saturated carbocycles. The molecular weight excluding hydrogens is 306 g/mol. The molecule has 150 valence electrons. The van der Waals surface area contributed by atoms with E-state index in [1.807, 2.05) is 0 Å². The van der Waals surface area contributed by atoms with Gasteiger partial charge in [-0.15, -0.1) is 0 Å². The van der Waals surface area contributed by atoms with E-state index >= 15 is 0 Å². The third-order valence-electron chi connectivity index (χ3n) is 6.43. The van der Waals surface area contributed by atoms with Gasteiger partial charge in [-0.1, -0.05) is 84.0 Å². The molecule has 0 radical (unpaired) electrons. The summed E-state index contributed by atoms with van der Waals surface area (Å²) >= 11 is 0. The van der Waals surface area contributed by atoms with E-state index in [4.69, 9.17) is 0 Å². The number of rotatable bonds is 16. The third kappa shape index (κ3) is 10.6. The Kier molecular flexibility index (Phi) is 12.9. The highest BCUT2D eigenvalue weighted by molar-refractivity contribution is 4.77. The average Bonchev–Trinajstić information content (AvgIpc) is 3.02. The van der Waals surface area contributed by atoms with Crippen molar-refractivity contribution < 1.29 is 9.59 Å². The van der Waals surface area contributed by atoms with E-state index in [0.717, 1.165) is 10.9 Å². The van der Waals surface area contributed by atoms with Crippen LogP contribution in [0.3, 0.4) is 0 Å². The lowest BCUT2D eigenvalue weighted by molar-refractivity contribution is -0.917. The van der Waals surface area contributed by atoms with E-state index < -0.39 is 0 Å². The van der Waals surface area contributed by atoms with Gasteiger partial charge in [-0.2, -0.15) is 0 Å². The Morgan fingerprint density at radius 1 is 0.680 bits per heavy atom. The zero-order valence-electron chi connectivity index (χ0n) is 17.8. The molecule has 25 heavy (non-hydrogen) atoms. The minimum atomic E-state index is -0.0540. The van der Waals surface area contributed by atoms with Gasteiger partial charge in [0.1, 0.15) is 12.1 Å². The second kappa shape index (κ2) is 14.0. The van der Waals surface area contributed by atoms with E-state index in [9.17, 15) is 5.11 Å². The third-order valence-corrected chi connectivity index (χ3v) is 6.43. The molecule has 2 atom stereocenters. The summed E-state index contributed by atoms with van der Waals surface area (Å²) in [5.74, 6) is 0. The molecular formula is C23H48NO+. The summed E-state index contributed by atoms with van der Waals surface area (Å²) in [5.41, 5.74) is 0. The maximum atomic E-state index is 10.1.